The number of alkyl halides is 3. The van der Waals surface area contributed by atoms with Gasteiger partial charge in [-0.3, -0.25) is 0 Å². The minimum Gasteiger partial charge on any atom is -0.335 e. The fourth-order valence-corrected chi connectivity index (χ4v) is 2.45. The molecule has 0 unspecified atom stereocenters. The summed E-state index contributed by atoms with van der Waals surface area (Å²) in [6.45, 7) is 0. The van der Waals surface area contributed by atoms with E-state index in [2.05, 4.69) is 10.6 Å². The third-order valence-corrected chi connectivity index (χ3v) is 3.63. The van der Waals surface area contributed by atoms with Gasteiger partial charge in [-0.2, -0.15) is 13.2 Å². The molecule has 0 radical (unpaired) electrons. The second kappa shape index (κ2) is 6.32. The lowest BCUT2D eigenvalue weighted by atomic mass is 9.86. The first-order valence-electron chi connectivity index (χ1n) is 6.74. The maximum absolute atomic E-state index is 12.7. The Hall–Kier alpha value is -1.79. The molecule has 1 aliphatic rings. The molecule has 21 heavy (non-hydrogen) atoms. The van der Waals surface area contributed by atoms with E-state index in [9.17, 15) is 22.4 Å². The SMILES string of the molecule is O=C(Nc1ccc(F)cc1)NC1CCC(C(F)(F)F)CC1. The summed E-state index contributed by atoms with van der Waals surface area (Å²) in [4.78, 5) is 11.7. The molecule has 0 atom stereocenters. The largest absolute Gasteiger partial charge is 0.391 e. The van der Waals surface area contributed by atoms with Gasteiger partial charge in [-0.1, -0.05) is 0 Å². The Morgan fingerprint density at radius 1 is 1.05 bits per heavy atom. The molecule has 0 spiro atoms. The van der Waals surface area contributed by atoms with E-state index in [4.69, 9.17) is 0 Å². The highest BCUT2D eigenvalue weighted by molar-refractivity contribution is 5.89. The molecule has 1 aromatic rings. The zero-order valence-electron chi connectivity index (χ0n) is 11.2. The van der Waals surface area contributed by atoms with E-state index >= 15 is 0 Å². The molecule has 1 aliphatic carbocycles. The van der Waals surface area contributed by atoms with Crippen LogP contribution < -0.4 is 10.6 Å². The standard InChI is InChI=1S/C14H16F4N2O/c15-10-3-7-12(8-4-10)20-13(21)19-11-5-1-9(2-6-11)14(16,17)18/h3-4,7-9,11H,1-2,5-6H2,(H2,19,20,21). The molecule has 2 N–H and O–H groups in total. The number of benzene rings is 1. The van der Waals surface area contributed by atoms with Crippen LogP contribution in [0.1, 0.15) is 25.7 Å². The number of urea groups is 1. The number of carbonyl (C=O) groups is 1. The summed E-state index contributed by atoms with van der Waals surface area (Å²) in [5.41, 5.74) is 0.429. The average Bonchev–Trinajstić information content (AvgIpc) is 2.41. The van der Waals surface area contributed by atoms with Crippen molar-refractivity contribution < 1.29 is 22.4 Å². The van der Waals surface area contributed by atoms with Gasteiger partial charge >= 0.3 is 12.2 Å². The molecule has 0 aromatic heterocycles. The Kier molecular flexibility index (Phi) is 4.69. The van der Waals surface area contributed by atoms with E-state index < -0.39 is 23.9 Å². The molecule has 0 heterocycles. The molecule has 7 heteroatoms. The van der Waals surface area contributed by atoms with E-state index in [1.54, 1.807) is 0 Å². The number of halogens is 4. The zero-order chi connectivity index (χ0) is 15.5. The maximum Gasteiger partial charge on any atom is 0.391 e. The lowest BCUT2D eigenvalue weighted by Crippen LogP contribution is -2.41. The monoisotopic (exact) mass is 304 g/mol. The van der Waals surface area contributed by atoms with Crippen LogP contribution in [0.2, 0.25) is 0 Å². The van der Waals surface area contributed by atoms with Crippen molar-refractivity contribution in [3.63, 3.8) is 0 Å². The lowest BCUT2D eigenvalue weighted by molar-refractivity contribution is -0.182. The first kappa shape index (κ1) is 15.6. The van der Waals surface area contributed by atoms with Gasteiger partial charge in [0.1, 0.15) is 5.82 Å². The second-order valence-electron chi connectivity index (χ2n) is 5.20. The highest BCUT2D eigenvalue weighted by Crippen LogP contribution is 2.37. The first-order valence-corrected chi connectivity index (χ1v) is 6.74. The van der Waals surface area contributed by atoms with Gasteiger partial charge in [0.15, 0.2) is 0 Å². The van der Waals surface area contributed by atoms with Crippen molar-refractivity contribution in [3.8, 4) is 0 Å². The smallest absolute Gasteiger partial charge is 0.335 e. The number of anilines is 1. The Morgan fingerprint density at radius 3 is 2.14 bits per heavy atom. The molecule has 0 aliphatic heterocycles. The normalized spacial score (nSPS) is 22.7. The molecular weight excluding hydrogens is 288 g/mol. The molecule has 0 saturated heterocycles. The summed E-state index contributed by atoms with van der Waals surface area (Å²) >= 11 is 0. The van der Waals surface area contributed by atoms with Gasteiger partial charge in [-0.05, 0) is 49.9 Å². The highest BCUT2D eigenvalue weighted by Gasteiger charge is 2.41. The second-order valence-corrected chi connectivity index (χ2v) is 5.20. The van der Waals surface area contributed by atoms with Crippen LogP contribution in [0.25, 0.3) is 0 Å². The van der Waals surface area contributed by atoms with Gasteiger partial charge in [0, 0.05) is 11.7 Å². The van der Waals surface area contributed by atoms with Crippen molar-refractivity contribution in [1.82, 2.24) is 5.32 Å². The van der Waals surface area contributed by atoms with E-state index in [0.29, 0.717) is 18.5 Å². The summed E-state index contributed by atoms with van der Waals surface area (Å²) < 4.78 is 50.3. The van der Waals surface area contributed by atoms with Gasteiger partial charge in [0.05, 0.1) is 5.92 Å². The maximum atomic E-state index is 12.7. The molecule has 116 valence electrons. The first-order chi connectivity index (χ1) is 9.84. The third kappa shape index (κ3) is 4.61. The van der Waals surface area contributed by atoms with Crippen molar-refractivity contribution in [2.45, 2.75) is 37.9 Å². The quantitative estimate of drug-likeness (QED) is 0.795. The van der Waals surface area contributed by atoms with Crippen molar-refractivity contribution in [2.24, 2.45) is 5.92 Å². The van der Waals surface area contributed by atoms with Crippen LogP contribution >= 0.6 is 0 Å². The summed E-state index contributed by atoms with van der Waals surface area (Å²) in [6.07, 6.45) is -3.47. The summed E-state index contributed by atoms with van der Waals surface area (Å²) in [6, 6.07) is 4.50. The zero-order valence-corrected chi connectivity index (χ0v) is 11.2. The van der Waals surface area contributed by atoms with Crippen LogP contribution in [0.5, 0.6) is 0 Å². The fraction of sp³-hybridized carbons (Fsp3) is 0.500. The molecule has 0 bridgehead atoms. The highest BCUT2D eigenvalue weighted by atomic mass is 19.4. The number of carbonyl (C=O) groups excluding carboxylic acids is 1. The topological polar surface area (TPSA) is 41.1 Å². The molecule has 1 saturated carbocycles. The Morgan fingerprint density at radius 2 is 1.62 bits per heavy atom. The number of hydrogen-bond donors (Lipinski definition) is 2. The van der Waals surface area contributed by atoms with Crippen LogP contribution in [0.15, 0.2) is 24.3 Å². The summed E-state index contributed by atoms with van der Waals surface area (Å²) in [5.74, 6) is -1.68. The van der Waals surface area contributed by atoms with Gasteiger partial charge in [-0.15, -0.1) is 0 Å². The van der Waals surface area contributed by atoms with Crippen LogP contribution in [0.3, 0.4) is 0 Å². The number of rotatable bonds is 2. The number of hydrogen-bond acceptors (Lipinski definition) is 1. The number of amides is 2. The molecule has 1 fully saturated rings. The minimum absolute atomic E-state index is 0.0327. The molecular formula is C14H16F4N2O. The van der Waals surface area contributed by atoms with Gasteiger partial charge < -0.3 is 10.6 Å². The molecule has 3 nitrogen and oxygen atoms in total. The van der Waals surface area contributed by atoms with Gasteiger partial charge in [0.25, 0.3) is 0 Å². The molecule has 2 amide bonds. The fourth-order valence-electron chi connectivity index (χ4n) is 2.45. The number of nitrogens with one attached hydrogen (secondary N) is 2. The van der Waals surface area contributed by atoms with Crippen molar-refractivity contribution >= 4 is 11.7 Å². The summed E-state index contributed by atoms with van der Waals surface area (Å²) in [7, 11) is 0. The van der Waals surface area contributed by atoms with E-state index in [0.717, 1.165) is 0 Å². The molecule has 2 rings (SSSR count). The van der Waals surface area contributed by atoms with E-state index in [1.165, 1.54) is 24.3 Å². The van der Waals surface area contributed by atoms with Gasteiger partial charge in [0.2, 0.25) is 0 Å². The minimum atomic E-state index is -4.15. The van der Waals surface area contributed by atoms with E-state index in [-0.39, 0.29) is 18.9 Å². The van der Waals surface area contributed by atoms with Crippen LogP contribution in [0, 0.1) is 11.7 Å². The lowest BCUT2D eigenvalue weighted by Gasteiger charge is -2.30. The Bertz CT molecular complexity index is 479. The third-order valence-electron chi connectivity index (χ3n) is 3.63. The van der Waals surface area contributed by atoms with Crippen molar-refractivity contribution in [2.75, 3.05) is 5.32 Å². The van der Waals surface area contributed by atoms with Crippen molar-refractivity contribution in [3.05, 3.63) is 30.1 Å². The predicted molar refractivity (Wildman–Crippen MR) is 70.4 cm³/mol. The van der Waals surface area contributed by atoms with E-state index in [1.807, 2.05) is 0 Å². The Balaban J connectivity index is 1.78. The van der Waals surface area contributed by atoms with Gasteiger partial charge in [-0.25, -0.2) is 9.18 Å². The van der Waals surface area contributed by atoms with Crippen LogP contribution in [-0.4, -0.2) is 18.2 Å². The van der Waals surface area contributed by atoms with Crippen LogP contribution in [-0.2, 0) is 0 Å². The Labute approximate surface area is 119 Å². The predicted octanol–water partition coefficient (Wildman–Crippen LogP) is 4.07. The van der Waals surface area contributed by atoms with Crippen LogP contribution in [0.4, 0.5) is 28.0 Å². The van der Waals surface area contributed by atoms with Crippen molar-refractivity contribution in [1.29, 1.82) is 0 Å². The average molecular weight is 304 g/mol. The summed E-state index contributed by atoms with van der Waals surface area (Å²) in [5, 5.41) is 5.16. The molecule has 1 aromatic carbocycles.